The molecule has 3 heteroatoms. The third-order valence-electron chi connectivity index (χ3n) is 2.23. The van der Waals surface area contributed by atoms with Gasteiger partial charge in [0.25, 0.3) is 0 Å². The summed E-state index contributed by atoms with van der Waals surface area (Å²) < 4.78 is 0. The van der Waals surface area contributed by atoms with E-state index in [1.54, 1.807) is 0 Å². The van der Waals surface area contributed by atoms with Gasteiger partial charge in [0.1, 0.15) is 12.7 Å². The molecule has 0 saturated carbocycles. The van der Waals surface area contributed by atoms with Crippen LogP contribution < -0.4 is 0 Å². The average molecular weight is 187 g/mol. The Balaban J connectivity index is 4.46. The fourth-order valence-corrected chi connectivity index (χ4v) is 1.54. The number of oxime groups is 1. The van der Waals surface area contributed by atoms with Crippen molar-refractivity contribution >= 4 is 5.71 Å². The number of aliphatic hydroxyl groups is 1. The summed E-state index contributed by atoms with van der Waals surface area (Å²) >= 11 is 0. The molecule has 0 saturated heterocycles. The molecule has 0 heterocycles. The van der Waals surface area contributed by atoms with Crippen molar-refractivity contribution in [1.29, 1.82) is 0 Å². The Bertz CT molecular complexity index is 160. The molecule has 0 aliphatic heterocycles. The van der Waals surface area contributed by atoms with Gasteiger partial charge in [-0.1, -0.05) is 31.8 Å². The number of hydrogen-bond acceptors (Lipinski definition) is 3. The molecule has 78 valence electrons. The second kappa shape index (κ2) is 5.97. The molecule has 0 radical (unpaired) electrons. The van der Waals surface area contributed by atoms with Crippen molar-refractivity contribution in [3.05, 3.63) is 0 Å². The zero-order valence-electron chi connectivity index (χ0n) is 9.13. The lowest BCUT2D eigenvalue weighted by Gasteiger charge is -2.26. The van der Waals surface area contributed by atoms with Gasteiger partial charge in [-0.2, -0.15) is 0 Å². The topological polar surface area (TPSA) is 41.8 Å². The average Bonchev–Trinajstić information content (AvgIpc) is 2.05. The lowest BCUT2D eigenvalue weighted by molar-refractivity contribution is 0.0834. The standard InChI is InChI=1S/C10H21NO2/c1-5-7-10(12,8-6-2)9(3)11-13-4/h12H,5-8H2,1-4H3/b11-9+. The molecule has 0 aromatic heterocycles. The second-order valence-electron chi connectivity index (χ2n) is 3.39. The molecule has 3 nitrogen and oxygen atoms in total. The minimum atomic E-state index is -0.764. The molecular formula is C10H21NO2. The first kappa shape index (κ1) is 12.4. The first-order chi connectivity index (χ1) is 6.10. The minimum Gasteiger partial charge on any atom is -0.399 e. The van der Waals surface area contributed by atoms with Crippen molar-refractivity contribution in [2.45, 2.75) is 52.1 Å². The predicted octanol–water partition coefficient (Wildman–Crippen LogP) is 2.34. The first-order valence-electron chi connectivity index (χ1n) is 4.91. The van der Waals surface area contributed by atoms with E-state index in [1.165, 1.54) is 7.11 Å². The number of nitrogens with zero attached hydrogens (tertiary/aromatic N) is 1. The van der Waals surface area contributed by atoms with Crippen LogP contribution in [0.3, 0.4) is 0 Å². The maximum absolute atomic E-state index is 10.2. The van der Waals surface area contributed by atoms with Crippen LogP contribution in [0.2, 0.25) is 0 Å². The van der Waals surface area contributed by atoms with Crippen molar-refractivity contribution in [3.63, 3.8) is 0 Å². The van der Waals surface area contributed by atoms with Gasteiger partial charge in [-0.15, -0.1) is 0 Å². The van der Waals surface area contributed by atoms with Crippen LogP contribution in [-0.2, 0) is 4.84 Å². The van der Waals surface area contributed by atoms with Gasteiger partial charge in [0.2, 0.25) is 0 Å². The summed E-state index contributed by atoms with van der Waals surface area (Å²) in [6, 6.07) is 0. The van der Waals surface area contributed by atoms with E-state index in [2.05, 4.69) is 23.8 Å². The third-order valence-corrected chi connectivity index (χ3v) is 2.23. The van der Waals surface area contributed by atoms with Crippen molar-refractivity contribution < 1.29 is 9.94 Å². The zero-order valence-corrected chi connectivity index (χ0v) is 9.13. The first-order valence-corrected chi connectivity index (χ1v) is 4.91. The SMILES string of the molecule is CCCC(O)(CCC)/C(C)=N/OC. The maximum atomic E-state index is 10.2. The summed E-state index contributed by atoms with van der Waals surface area (Å²) in [5.74, 6) is 0. The smallest absolute Gasteiger partial charge is 0.106 e. The molecule has 0 fully saturated rings. The monoisotopic (exact) mass is 187 g/mol. The highest BCUT2D eigenvalue weighted by Crippen LogP contribution is 2.21. The van der Waals surface area contributed by atoms with Gasteiger partial charge in [0, 0.05) is 0 Å². The van der Waals surface area contributed by atoms with Crippen LogP contribution in [0.15, 0.2) is 5.16 Å². The molecular weight excluding hydrogens is 166 g/mol. The van der Waals surface area contributed by atoms with Crippen molar-refractivity contribution in [2.24, 2.45) is 5.16 Å². The van der Waals surface area contributed by atoms with Gasteiger partial charge in [0.15, 0.2) is 0 Å². The van der Waals surface area contributed by atoms with E-state index in [1.807, 2.05) is 6.92 Å². The zero-order chi connectivity index (χ0) is 10.3. The normalized spacial score (nSPS) is 13.2. The maximum Gasteiger partial charge on any atom is 0.106 e. The van der Waals surface area contributed by atoms with E-state index in [0.29, 0.717) is 5.71 Å². The fourth-order valence-electron chi connectivity index (χ4n) is 1.54. The van der Waals surface area contributed by atoms with Crippen LogP contribution in [0.1, 0.15) is 46.5 Å². The van der Waals surface area contributed by atoms with Crippen molar-refractivity contribution in [2.75, 3.05) is 7.11 Å². The number of hydrogen-bond donors (Lipinski definition) is 1. The second-order valence-corrected chi connectivity index (χ2v) is 3.39. The Morgan fingerprint density at radius 3 is 2.08 bits per heavy atom. The highest BCUT2D eigenvalue weighted by Gasteiger charge is 2.28. The van der Waals surface area contributed by atoms with E-state index in [4.69, 9.17) is 0 Å². The molecule has 0 aliphatic rings. The molecule has 0 aromatic rings. The Kier molecular flexibility index (Phi) is 5.71. The van der Waals surface area contributed by atoms with Gasteiger partial charge in [-0.3, -0.25) is 0 Å². The van der Waals surface area contributed by atoms with Crippen LogP contribution in [0, 0.1) is 0 Å². The van der Waals surface area contributed by atoms with E-state index >= 15 is 0 Å². The molecule has 0 atom stereocenters. The Hall–Kier alpha value is -0.570. The quantitative estimate of drug-likeness (QED) is 0.512. The van der Waals surface area contributed by atoms with E-state index in [-0.39, 0.29) is 0 Å². The largest absolute Gasteiger partial charge is 0.399 e. The van der Waals surface area contributed by atoms with E-state index < -0.39 is 5.60 Å². The van der Waals surface area contributed by atoms with E-state index in [9.17, 15) is 5.11 Å². The highest BCUT2D eigenvalue weighted by molar-refractivity contribution is 5.89. The van der Waals surface area contributed by atoms with Crippen LogP contribution >= 0.6 is 0 Å². The fraction of sp³-hybridized carbons (Fsp3) is 0.900. The lowest BCUT2D eigenvalue weighted by Crippen LogP contribution is -2.36. The minimum absolute atomic E-state index is 0.679. The Labute approximate surface area is 80.8 Å². The molecule has 0 bridgehead atoms. The lowest BCUT2D eigenvalue weighted by atomic mass is 9.88. The van der Waals surface area contributed by atoms with Crippen LogP contribution in [0.25, 0.3) is 0 Å². The predicted molar refractivity (Wildman–Crippen MR) is 54.9 cm³/mol. The number of rotatable bonds is 6. The Morgan fingerprint density at radius 1 is 1.31 bits per heavy atom. The van der Waals surface area contributed by atoms with Crippen LogP contribution in [-0.4, -0.2) is 23.5 Å². The summed E-state index contributed by atoms with van der Waals surface area (Å²) in [6.07, 6.45) is 3.40. The van der Waals surface area contributed by atoms with Crippen LogP contribution in [0.4, 0.5) is 0 Å². The molecule has 0 unspecified atom stereocenters. The molecule has 0 spiro atoms. The van der Waals surface area contributed by atoms with Crippen molar-refractivity contribution in [1.82, 2.24) is 0 Å². The van der Waals surface area contributed by atoms with Gasteiger partial charge < -0.3 is 9.94 Å². The Morgan fingerprint density at radius 2 is 1.77 bits per heavy atom. The summed E-state index contributed by atoms with van der Waals surface area (Å²) in [6.45, 7) is 5.93. The van der Waals surface area contributed by atoms with Crippen LogP contribution in [0.5, 0.6) is 0 Å². The molecule has 1 N–H and O–H groups in total. The van der Waals surface area contributed by atoms with E-state index in [0.717, 1.165) is 25.7 Å². The van der Waals surface area contributed by atoms with Gasteiger partial charge in [0.05, 0.1) is 5.71 Å². The third kappa shape index (κ3) is 3.77. The summed E-state index contributed by atoms with van der Waals surface area (Å²) in [5.41, 5.74) is -0.0850. The summed E-state index contributed by atoms with van der Waals surface area (Å²) in [7, 11) is 1.50. The van der Waals surface area contributed by atoms with Gasteiger partial charge >= 0.3 is 0 Å². The summed E-state index contributed by atoms with van der Waals surface area (Å²) in [4.78, 5) is 4.67. The van der Waals surface area contributed by atoms with Crippen molar-refractivity contribution in [3.8, 4) is 0 Å². The van der Waals surface area contributed by atoms with Gasteiger partial charge in [-0.25, -0.2) is 0 Å². The molecule has 0 rings (SSSR count). The molecule has 0 amide bonds. The molecule has 0 aromatic carbocycles. The van der Waals surface area contributed by atoms with Gasteiger partial charge in [-0.05, 0) is 19.8 Å². The molecule has 13 heavy (non-hydrogen) atoms. The summed E-state index contributed by atoms with van der Waals surface area (Å²) in [5, 5.41) is 14.0. The molecule has 0 aliphatic carbocycles. The highest BCUT2D eigenvalue weighted by atomic mass is 16.6.